The highest BCUT2D eigenvalue weighted by molar-refractivity contribution is 9.10. The maximum Gasteiger partial charge on any atom is 0.320 e. The lowest BCUT2D eigenvalue weighted by atomic mass is 10.2. The molecule has 0 radical (unpaired) electrons. The van der Waals surface area contributed by atoms with Crippen LogP contribution in [0.4, 0.5) is 5.69 Å². The van der Waals surface area contributed by atoms with Gasteiger partial charge in [0.15, 0.2) is 0 Å². The molecule has 1 atom stereocenters. The van der Waals surface area contributed by atoms with E-state index in [1.165, 1.54) is 12.1 Å². The molecule has 2 N–H and O–H groups in total. The zero-order chi connectivity index (χ0) is 15.8. The molecule has 0 saturated heterocycles. The Morgan fingerprint density at radius 2 is 2.29 bits per heavy atom. The topological polar surface area (TPSA) is 102 Å². The van der Waals surface area contributed by atoms with E-state index in [0.29, 0.717) is 12.3 Å². The first-order valence-corrected chi connectivity index (χ1v) is 7.28. The van der Waals surface area contributed by atoms with Crippen molar-refractivity contribution in [3.8, 4) is 5.75 Å². The molecule has 0 spiro atoms. The number of nitrogens with zero attached hydrogens (tertiary/aromatic N) is 1. The summed E-state index contributed by atoms with van der Waals surface area (Å²) >= 11 is 3.12. The first-order chi connectivity index (χ1) is 9.97. The Morgan fingerprint density at radius 1 is 1.57 bits per heavy atom. The van der Waals surface area contributed by atoms with Crippen LogP contribution in [0.25, 0.3) is 0 Å². The lowest BCUT2D eigenvalue weighted by Crippen LogP contribution is -2.38. The van der Waals surface area contributed by atoms with E-state index in [1.807, 2.05) is 6.92 Å². The number of hydrogen-bond donors (Lipinski definition) is 2. The fraction of sp³-hybridized carbons (Fsp3) is 0.462. The number of hydrogen-bond acceptors (Lipinski definition) is 5. The van der Waals surface area contributed by atoms with Crippen LogP contribution in [0.15, 0.2) is 22.7 Å². The SMILES string of the molecule is CCCNC(CCOc1cccc([N+](=O)[O-])c1Br)C(=O)O. The highest BCUT2D eigenvalue weighted by atomic mass is 79.9. The number of carboxylic acids is 1. The number of aliphatic carboxylic acids is 1. The van der Waals surface area contributed by atoms with Crippen LogP contribution >= 0.6 is 15.9 Å². The van der Waals surface area contributed by atoms with Crippen LogP contribution in [0, 0.1) is 10.1 Å². The van der Waals surface area contributed by atoms with Crippen molar-refractivity contribution in [2.75, 3.05) is 13.2 Å². The number of ether oxygens (including phenoxy) is 1. The van der Waals surface area contributed by atoms with Crippen molar-refractivity contribution in [3.05, 3.63) is 32.8 Å². The lowest BCUT2D eigenvalue weighted by Gasteiger charge is -2.14. The molecule has 0 amide bonds. The van der Waals surface area contributed by atoms with E-state index < -0.39 is 16.9 Å². The van der Waals surface area contributed by atoms with Crippen LogP contribution in [0.3, 0.4) is 0 Å². The third kappa shape index (κ3) is 5.31. The molecule has 1 rings (SSSR count). The molecular weight excluding hydrogens is 344 g/mol. The number of halogens is 1. The summed E-state index contributed by atoms with van der Waals surface area (Å²) in [6, 6.07) is 3.77. The minimum absolute atomic E-state index is 0.0913. The van der Waals surface area contributed by atoms with Gasteiger partial charge in [-0.05, 0) is 35.0 Å². The Morgan fingerprint density at radius 3 is 2.86 bits per heavy atom. The molecule has 0 heterocycles. The average molecular weight is 361 g/mol. The van der Waals surface area contributed by atoms with Crippen molar-refractivity contribution < 1.29 is 19.6 Å². The second-order valence-corrected chi connectivity index (χ2v) is 5.12. The number of carboxylic acid groups (broad SMARTS) is 1. The second-order valence-electron chi connectivity index (χ2n) is 4.33. The van der Waals surface area contributed by atoms with Crippen LogP contribution in [-0.4, -0.2) is 35.2 Å². The number of nitrogens with one attached hydrogen (secondary N) is 1. The van der Waals surface area contributed by atoms with Gasteiger partial charge in [-0.3, -0.25) is 14.9 Å². The Kier molecular flexibility index (Phi) is 7.10. The zero-order valence-corrected chi connectivity index (χ0v) is 13.1. The minimum Gasteiger partial charge on any atom is -0.492 e. The van der Waals surface area contributed by atoms with Crippen LogP contribution in [0.5, 0.6) is 5.75 Å². The van der Waals surface area contributed by atoms with Gasteiger partial charge in [-0.1, -0.05) is 13.0 Å². The monoisotopic (exact) mass is 360 g/mol. The lowest BCUT2D eigenvalue weighted by molar-refractivity contribution is -0.385. The third-order valence-electron chi connectivity index (χ3n) is 2.74. The average Bonchev–Trinajstić information content (AvgIpc) is 2.43. The van der Waals surface area contributed by atoms with Gasteiger partial charge in [-0.2, -0.15) is 0 Å². The number of nitro groups is 1. The number of nitro benzene ring substituents is 1. The van der Waals surface area contributed by atoms with Crippen molar-refractivity contribution in [1.29, 1.82) is 0 Å². The smallest absolute Gasteiger partial charge is 0.320 e. The fourth-order valence-corrected chi connectivity index (χ4v) is 2.19. The van der Waals surface area contributed by atoms with Gasteiger partial charge < -0.3 is 15.2 Å². The van der Waals surface area contributed by atoms with Gasteiger partial charge in [-0.25, -0.2) is 0 Å². The van der Waals surface area contributed by atoms with Gasteiger partial charge in [0.2, 0.25) is 0 Å². The van der Waals surface area contributed by atoms with Gasteiger partial charge in [0.25, 0.3) is 5.69 Å². The Hall–Kier alpha value is -1.67. The maximum atomic E-state index is 11.0. The summed E-state index contributed by atoms with van der Waals surface area (Å²) in [5, 5.41) is 22.7. The standard InChI is InChI=1S/C13H17BrN2O5/c1-2-7-15-9(13(17)18)6-8-21-11-5-3-4-10(12(11)14)16(19)20/h3-5,9,15H,2,6-8H2,1H3,(H,17,18). The Bertz CT molecular complexity index is 509. The molecule has 7 nitrogen and oxygen atoms in total. The van der Waals surface area contributed by atoms with Gasteiger partial charge in [-0.15, -0.1) is 0 Å². The summed E-state index contributed by atoms with van der Waals surface area (Å²) in [5.74, 6) is -0.617. The van der Waals surface area contributed by atoms with Crippen molar-refractivity contribution in [2.45, 2.75) is 25.8 Å². The first-order valence-electron chi connectivity index (χ1n) is 6.49. The molecule has 1 aromatic rings. The van der Waals surface area contributed by atoms with E-state index in [2.05, 4.69) is 21.2 Å². The summed E-state index contributed by atoms with van der Waals surface area (Å²) in [7, 11) is 0. The molecule has 0 fully saturated rings. The zero-order valence-electron chi connectivity index (χ0n) is 11.5. The van der Waals surface area contributed by atoms with Gasteiger partial charge in [0.05, 0.1) is 11.5 Å². The minimum atomic E-state index is -0.940. The van der Waals surface area contributed by atoms with Crippen LogP contribution in [0.2, 0.25) is 0 Å². The summed E-state index contributed by atoms with van der Waals surface area (Å²) < 4.78 is 5.69. The molecule has 116 valence electrons. The number of carbonyl (C=O) groups is 1. The summed E-state index contributed by atoms with van der Waals surface area (Å²) in [6.45, 7) is 2.70. The van der Waals surface area contributed by atoms with Gasteiger partial charge in [0.1, 0.15) is 16.3 Å². The predicted molar refractivity (Wildman–Crippen MR) is 80.6 cm³/mol. The molecule has 8 heteroatoms. The van der Waals surface area contributed by atoms with E-state index in [1.54, 1.807) is 6.07 Å². The highest BCUT2D eigenvalue weighted by Crippen LogP contribution is 2.33. The molecule has 1 aromatic carbocycles. The van der Waals surface area contributed by atoms with Gasteiger partial charge >= 0.3 is 5.97 Å². The Balaban J connectivity index is 2.61. The molecular formula is C13H17BrN2O5. The van der Waals surface area contributed by atoms with E-state index in [0.717, 1.165) is 6.42 Å². The quantitative estimate of drug-likeness (QED) is 0.518. The molecule has 0 saturated carbocycles. The molecule has 0 bridgehead atoms. The van der Waals surface area contributed by atoms with Crippen LogP contribution in [-0.2, 0) is 4.79 Å². The first kappa shape index (κ1) is 17.4. The van der Waals surface area contributed by atoms with Crippen molar-refractivity contribution in [2.24, 2.45) is 0 Å². The largest absolute Gasteiger partial charge is 0.492 e. The normalized spacial score (nSPS) is 11.9. The van der Waals surface area contributed by atoms with Crippen molar-refractivity contribution in [3.63, 3.8) is 0 Å². The van der Waals surface area contributed by atoms with Crippen LogP contribution in [0.1, 0.15) is 19.8 Å². The van der Waals surface area contributed by atoms with Crippen molar-refractivity contribution in [1.82, 2.24) is 5.32 Å². The van der Waals surface area contributed by atoms with Crippen molar-refractivity contribution >= 4 is 27.6 Å². The highest BCUT2D eigenvalue weighted by Gasteiger charge is 2.18. The van der Waals surface area contributed by atoms with Gasteiger partial charge in [0, 0.05) is 12.5 Å². The van der Waals surface area contributed by atoms with E-state index >= 15 is 0 Å². The maximum absolute atomic E-state index is 11.0. The number of rotatable bonds is 9. The summed E-state index contributed by atoms with van der Waals surface area (Å²) in [6.07, 6.45) is 1.10. The van der Waals surface area contributed by atoms with E-state index in [9.17, 15) is 14.9 Å². The summed E-state index contributed by atoms with van der Waals surface area (Å²) in [5.41, 5.74) is -0.0913. The second kappa shape index (κ2) is 8.58. The van der Waals surface area contributed by atoms with E-state index in [-0.39, 0.29) is 23.2 Å². The molecule has 21 heavy (non-hydrogen) atoms. The fourth-order valence-electron chi connectivity index (χ4n) is 1.67. The number of benzene rings is 1. The molecule has 0 aliphatic carbocycles. The molecule has 0 aliphatic rings. The Labute approximate surface area is 130 Å². The van der Waals surface area contributed by atoms with E-state index in [4.69, 9.17) is 9.84 Å². The molecule has 0 aromatic heterocycles. The summed E-state index contributed by atoms with van der Waals surface area (Å²) in [4.78, 5) is 21.3. The van der Waals surface area contributed by atoms with Crippen LogP contribution < -0.4 is 10.1 Å². The molecule has 0 aliphatic heterocycles. The third-order valence-corrected chi connectivity index (χ3v) is 3.54. The molecule has 1 unspecified atom stereocenters. The predicted octanol–water partition coefficient (Wildman–Crippen LogP) is 2.58.